The molecule has 0 aliphatic carbocycles. The van der Waals surface area contributed by atoms with Crippen LogP contribution in [0.5, 0.6) is 0 Å². The minimum atomic E-state index is -0.718. The summed E-state index contributed by atoms with van der Waals surface area (Å²) in [4.78, 5) is 34.3. The van der Waals surface area contributed by atoms with Crippen LogP contribution in [0.25, 0.3) is 0 Å². The van der Waals surface area contributed by atoms with Crippen molar-refractivity contribution in [3.8, 4) is 0 Å². The van der Waals surface area contributed by atoms with E-state index in [4.69, 9.17) is 10.5 Å². The van der Waals surface area contributed by atoms with Crippen LogP contribution in [0.15, 0.2) is 48.8 Å². The standard InChI is InChI=1S/C15H13N3O5/c16-14(20)10-1-3-12(4-2-10)17-13(19)9-23-15(21)11-5-7-18(22)8-6-11/h1-8H,9H2,(H2,16,20)(H,17,19). The summed E-state index contributed by atoms with van der Waals surface area (Å²) in [5.41, 5.74) is 6.02. The second-order valence-electron chi connectivity index (χ2n) is 4.51. The van der Waals surface area contributed by atoms with E-state index in [0.717, 1.165) is 12.4 Å². The maximum atomic E-state index is 11.7. The predicted molar refractivity (Wildman–Crippen MR) is 79.3 cm³/mol. The van der Waals surface area contributed by atoms with E-state index in [1.807, 2.05) is 0 Å². The lowest BCUT2D eigenvalue weighted by Gasteiger charge is -2.07. The van der Waals surface area contributed by atoms with Crippen LogP contribution in [0, 0.1) is 5.21 Å². The topological polar surface area (TPSA) is 125 Å². The fourth-order valence-electron chi connectivity index (χ4n) is 1.68. The van der Waals surface area contributed by atoms with Gasteiger partial charge in [-0.15, -0.1) is 0 Å². The van der Waals surface area contributed by atoms with Gasteiger partial charge >= 0.3 is 5.97 Å². The number of amides is 2. The zero-order valence-corrected chi connectivity index (χ0v) is 11.9. The van der Waals surface area contributed by atoms with Gasteiger partial charge in [0.2, 0.25) is 5.91 Å². The molecule has 0 aliphatic rings. The minimum Gasteiger partial charge on any atom is -0.619 e. The SMILES string of the molecule is NC(=O)c1ccc(NC(=O)COC(=O)c2cc[n+]([O-])cc2)cc1. The fraction of sp³-hybridized carbons (Fsp3) is 0.0667. The van der Waals surface area contributed by atoms with Crippen LogP contribution in [-0.4, -0.2) is 24.4 Å². The molecular weight excluding hydrogens is 302 g/mol. The van der Waals surface area contributed by atoms with Crippen LogP contribution in [0.1, 0.15) is 20.7 Å². The van der Waals surface area contributed by atoms with Crippen molar-refractivity contribution < 1.29 is 23.9 Å². The second kappa shape index (κ2) is 7.03. The van der Waals surface area contributed by atoms with Crippen molar-refractivity contribution in [3.63, 3.8) is 0 Å². The summed E-state index contributed by atoms with van der Waals surface area (Å²) < 4.78 is 5.35. The van der Waals surface area contributed by atoms with Gasteiger partial charge in [0.1, 0.15) is 0 Å². The number of benzene rings is 1. The molecule has 2 aromatic rings. The first-order valence-electron chi connectivity index (χ1n) is 6.51. The molecule has 0 saturated carbocycles. The molecule has 1 aromatic carbocycles. The Kier molecular flexibility index (Phi) is 4.88. The number of anilines is 1. The molecule has 1 heterocycles. The lowest BCUT2D eigenvalue weighted by molar-refractivity contribution is -0.605. The maximum absolute atomic E-state index is 11.7. The molecule has 0 spiro atoms. The number of esters is 1. The summed E-state index contributed by atoms with van der Waals surface area (Å²) in [5.74, 6) is -1.83. The van der Waals surface area contributed by atoms with Crippen molar-refractivity contribution in [3.05, 3.63) is 65.1 Å². The van der Waals surface area contributed by atoms with Crippen molar-refractivity contribution >= 4 is 23.5 Å². The zero-order chi connectivity index (χ0) is 16.8. The number of nitrogens with one attached hydrogen (secondary N) is 1. The van der Waals surface area contributed by atoms with Crippen LogP contribution in [0.3, 0.4) is 0 Å². The number of hydrogen-bond donors (Lipinski definition) is 2. The first-order valence-corrected chi connectivity index (χ1v) is 6.51. The van der Waals surface area contributed by atoms with Gasteiger partial charge in [0.15, 0.2) is 19.0 Å². The zero-order valence-electron chi connectivity index (χ0n) is 11.9. The molecule has 2 rings (SSSR count). The number of carbonyl (C=O) groups excluding carboxylic acids is 3. The third-order valence-electron chi connectivity index (χ3n) is 2.83. The Bertz CT molecular complexity index is 726. The van der Waals surface area contributed by atoms with Crippen LogP contribution in [-0.2, 0) is 9.53 Å². The Morgan fingerprint density at radius 3 is 2.22 bits per heavy atom. The highest BCUT2D eigenvalue weighted by molar-refractivity contribution is 5.96. The molecule has 3 N–H and O–H groups in total. The third kappa shape index (κ3) is 4.53. The Morgan fingerprint density at radius 1 is 1.04 bits per heavy atom. The summed E-state index contributed by atoms with van der Waals surface area (Å²) in [6.07, 6.45) is 2.30. The second-order valence-corrected chi connectivity index (χ2v) is 4.51. The lowest BCUT2D eigenvalue weighted by Crippen LogP contribution is -2.25. The van der Waals surface area contributed by atoms with Gasteiger partial charge in [-0.3, -0.25) is 9.59 Å². The summed E-state index contributed by atoms with van der Waals surface area (Å²) in [6.45, 7) is -0.483. The first kappa shape index (κ1) is 16.0. The Labute approximate surface area is 131 Å². The highest BCUT2D eigenvalue weighted by Crippen LogP contribution is 2.09. The van der Waals surface area contributed by atoms with E-state index in [2.05, 4.69) is 5.32 Å². The average Bonchev–Trinajstić information content (AvgIpc) is 2.54. The van der Waals surface area contributed by atoms with Gasteiger partial charge in [-0.2, -0.15) is 4.73 Å². The number of aromatic nitrogens is 1. The maximum Gasteiger partial charge on any atom is 0.339 e. The van der Waals surface area contributed by atoms with Crippen molar-refractivity contribution in [1.29, 1.82) is 0 Å². The van der Waals surface area contributed by atoms with Gasteiger partial charge in [0.25, 0.3) is 5.91 Å². The summed E-state index contributed by atoms with van der Waals surface area (Å²) in [6, 6.07) is 8.51. The largest absolute Gasteiger partial charge is 0.619 e. The Morgan fingerprint density at radius 2 is 1.65 bits per heavy atom. The normalized spacial score (nSPS) is 9.91. The van der Waals surface area contributed by atoms with Gasteiger partial charge < -0.3 is 21.0 Å². The number of primary amides is 1. The summed E-state index contributed by atoms with van der Waals surface area (Å²) in [7, 11) is 0. The smallest absolute Gasteiger partial charge is 0.339 e. The number of ether oxygens (including phenoxy) is 1. The molecule has 0 atom stereocenters. The van der Waals surface area contributed by atoms with E-state index in [0.29, 0.717) is 16.0 Å². The number of carbonyl (C=O) groups is 3. The van der Waals surface area contributed by atoms with E-state index in [1.54, 1.807) is 0 Å². The number of pyridine rings is 1. The predicted octanol–water partition coefficient (Wildman–Crippen LogP) is 0.214. The molecule has 2 amide bonds. The molecule has 0 saturated heterocycles. The monoisotopic (exact) mass is 315 g/mol. The number of hydrogen-bond acceptors (Lipinski definition) is 5. The van der Waals surface area contributed by atoms with Crippen molar-refractivity contribution in [1.82, 2.24) is 0 Å². The highest BCUT2D eigenvalue weighted by atomic mass is 16.5. The van der Waals surface area contributed by atoms with Gasteiger partial charge in [-0.05, 0) is 24.3 Å². The summed E-state index contributed by atoms with van der Waals surface area (Å²) in [5, 5.41) is 13.4. The third-order valence-corrected chi connectivity index (χ3v) is 2.83. The van der Waals surface area contributed by atoms with Gasteiger partial charge in [0, 0.05) is 23.4 Å². The van der Waals surface area contributed by atoms with Crippen molar-refractivity contribution in [2.75, 3.05) is 11.9 Å². The molecule has 0 radical (unpaired) electrons. The minimum absolute atomic E-state index is 0.163. The number of rotatable bonds is 5. The average molecular weight is 315 g/mol. The van der Waals surface area contributed by atoms with E-state index in [-0.39, 0.29) is 5.56 Å². The van der Waals surface area contributed by atoms with Gasteiger partial charge in [0.05, 0.1) is 5.56 Å². The molecule has 1 aromatic heterocycles. The first-order chi connectivity index (χ1) is 11.0. The molecule has 23 heavy (non-hydrogen) atoms. The van der Waals surface area contributed by atoms with Gasteiger partial charge in [-0.25, -0.2) is 4.79 Å². The lowest BCUT2D eigenvalue weighted by atomic mass is 10.2. The quantitative estimate of drug-likeness (QED) is 0.463. The molecule has 8 heteroatoms. The number of nitrogens with two attached hydrogens (primary N) is 1. The molecule has 0 fully saturated rings. The van der Waals surface area contributed by atoms with Crippen LogP contribution in [0.4, 0.5) is 5.69 Å². The molecule has 0 bridgehead atoms. The number of nitrogens with zero attached hydrogens (tertiary/aromatic N) is 1. The van der Waals surface area contributed by atoms with E-state index in [1.165, 1.54) is 36.4 Å². The van der Waals surface area contributed by atoms with Crippen molar-refractivity contribution in [2.45, 2.75) is 0 Å². The van der Waals surface area contributed by atoms with Crippen LogP contribution < -0.4 is 15.8 Å². The molecule has 8 nitrogen and oxygen atoms in total. The van der Waals surface area contributed by atoms with E-state index in [9.17, 15) is 19.6 Å². The van der Waals surface area contributed by atoms with Crippen molar-refractivity contribution in [2.24, 2.45) is 5.73 Å². The molecular formula is C15H13N3O5. The summed E-state index contributed by atoms with van der Waals surface area (Å²) >= 11 is 0. The fourth-order valence-corrected chi connectivity index (χ4v) is 1.68. The molecule has 118 valence electrons. The van der Waals surface area contributed by atoms with Gasteiger partial charge in [-0.1, -0.05) is 0 Å². The highest BCUT2D eigenvalue weighted by Gasteiger charge is 2.11. The molecule has 0 unspecified atom stereocenters. The Balaban J connectivity index is 1.86. The van der Waals surface area contributed by atoms with E-state index >= 15 is 0 Å². The van der Waals surface area contributed by atoms with E-state index < -0.39 is 24.4 Å². The van der Waals surface area contributed by atoms with Crippen LogP contribution >= 0.6 is 0 Å². The van der Waals surface area contributed by atoms with Crippen LogP contribution in [0.2, 0.25) is 0 Å². The Hall–Kier alpha value is -3.42. The molecule has 0 aliphatic heterocycles.